The molecule has 4 rings (SSSR count). The number of halogens is 3. The SMILES string of the molecule is O=c1cc(-c2ccc(C#CCO)cc2O)n2nc(C(F)(F)F)c(C3CCCCC3)c2[nH]1. The van der Waals surface area contributed by atoms with Crippen molar-refractivity contribution in [1.29, 1.82) is 0 Å². The molecule has 0 unspecified atom stereocenters. The second-order valence-electron chi connectivity index (χ2n) is 7.57. The van der Waals surface area contributed by atoms with Gasteiger partial charge >= 0.3 is 6.18 Å². The van der Waals surface area contributed by atoms with Gasteiger partial charge in [-0.3, -0.25) is 4.79 Å². The van der Waals surface area contributed by atoms with Gasteiger partial charge in [0.2, 0.25) is 0 Å². The average Bonchev–Trinajstić information content (AvgIpc) is 3.12. The highest BCUT2D eigenvalue weighted by atomic mass is 19.4. The van der Waals surface area contributed by atoms with Crippen LogP contribution >= 0.6 is 0 Å². The third-order valence-corrected chi connectivity index (χ3v) is 5.53. The van der Waals surface area contributed by atoms with Crippen molar-refractivity contribution in [2.75, 3.05) is 6.61 Å². The van der Waals surface area contributed by atoms with Crippen LogP contribution in [0, 0.1) is 11.8 Å². The molecule has 0 amide bonds. The van der Waals surface area contributed by atoms with Gasteiger partial charge in [-0.2, -0.15) is 18.3 Å². The summed E-state index contributed by atoms with van der Waals surface area (Å²) in [6, 6.07) is 5.43. The van der Waals surface area contributed by atoms with Crippen LogP contribution in [0.4, 0.5) is 13.2 Å². The molecule has 3 aromatic rings. The number of hydrogen-bond acceptors (Lipinski definition) is 4. The Hall–Kier alpha value is -3.25. The first-order chi connectivity index (χ1) is 14.8. The lowest BCUT2D eigenvalue weighted by Gasteiger charge is -2.22. The van der Waals surface area contributed by atoms with E-state index in [0.717, 1.165) is 29.8 Å². The molecule has 2 aromatic heterocycles. The Kier molecular flexibility index (Phi) is 5.50. The molecule has 1 aliphatic carbocycles. The average molecular weight is 431 g/mol. The van der Waals surface area contributed by atoms with E-state index in [1.807, 2.05) is 0 Å². The first-order valence-corrected chi connectivity index (χ1v) is 9.96. The highest BCUT2D eigenvalue weighted by Gasteiger charge is 2.41. The number of benzene rings is 1. The molecule has 3 N–H and O–H groups in total. The van der Waals surface area contributed by atoms with Gasteiger partial charge in [-0.25, -0.2) is 4.52 Å². The van der Waals surface area contributed by atoms with Crippen molar-refractivity contribution in [3.8, 4) is 28.8 Å². The molecule has 2 heterocycles. The maximum atomic E-state index is 13.9. The molecule has 0 radical (unpaired) electrons. The summed E-state index contributed by atoms with van der Waals surface area (Å²) in [7, 11) is 0. The number of phenols is 1. The van der Waals surface area contributed by atoms with Gasteiger partial charge < -0.3 is 15.2 Å². The van der Waals surface area contributed by atoms with Gasteiger partial charge in [0.1, 0.15) is 18.0 Å². The molecule has 1 saturated carbocycles. The van der Waals surface area contributed by atoms with Crippen LogP contribution in [0.2, 0.25) is 0 Å². The molecule has 162 valence electrons. The molecular weight excluding hydrogens is 411 g/mol. The number of nitrogens with zero attached hydrogens (tertiary/aromatic N) is 2. The molecule has 0 aliphatic heterocycles. The first-order valence-electron chi connectivity index (χ1n) is 9.96. The summed E-state index contributed by atoms with van der Waals surface area (Å²) in [5.74, 6) is 4.48. The third kappa shape index (κ3) is 4.03. The Morgan fingerprint density at radius 1 is 1.19 bits per heavy atom. The summed E-state index contributed by atoms with van der Waals surface area (Å²) in [5, 5.41) is 23.1. The maximum absolute atomic E-state index is 13.9. The second kappa shape index (κ2) is 8.12. The van der Waals surface area contributed by atoms with Crippen LogP contribution in [-0.2, 0) is 6.18 Å². The first kappa shape index (κ1) is 21.0. The van der Waals surface area contributed by atoms with E-state index in [9.17, 15) is 23.1 Å². The maximum Gasteiger partial charge on any atom is 0.435 e. The van der Waals surface area contributed by atoms with Crippen molar-refractivity contribution >= 4 is 5.65 Å². The molecule has 0 atom stereocenters. The molecule has 1 aromatic carbocycles. The number of aromatic amines is 1. The predicted octanol–water partition coefficient (Wildman–Crippen LogP) is 3.81. The Bertz CT molecular complexity index is 1240. The highest BCUT2D eigenvalue weighted by molar-refractivity contribution is 5.71. The number of aliphatic hydroxyl groups is 1. The molecule has 1 aliphatic rings. The lowest BCUT2D eigenvalue weighted by atomic mass is 9.84. The number of fused-ring (bicyclic) bond motifs is 1. The lowest BCUT2D eigenvalue weighted by molar-refractivity contribution is -0.142. The number of aromatic hydroxyl groups is 1. The standard InChI is InChI=1S/C22H20F3N3O3/c23-22(24,25)20-19(14-6-2-1-3-7-14)21-26-18(31)12-16(28(21)27-20)15-9-8-13(5-4-10-29)11-17(15)30/h8-9,11-12,14,29-30H,1-3,6-7,10H2,(H,26,31). The Balaban J connectivity index is 1.96. The summed E-state index contributed by atoms with van der Waals surface area (Å²) < 4.78 is 42.7. The van der Waals surface area contributed by atoms with Crippen molar-refractivity contribution in [3.63, 3.8) is 0 Å². The Morgan fingerprint density at radius 3 is 2.58 bits per heavy atom. The van der Waals surface area contributed by atoms with Crippen molar-refractivity contribution in [2.45, 2.75) is 44.2 Å². The fraction of sp³-hybridized carbons (Fsp3) is 0.364. The van der Waals surface area contributed by atoms with Crippen molar-refractivity contribution < 1.29 is 23.4 Å². The molecule has 1 fully saturated rings. The topological polar surface area (TPSA) is 90.6 Å². The van der Waals surface area contributed by atoms with Gasteiger partial charge in [-0.05, 0) is 37.0 Å². The van der Waals surface area contributed by atoms with E-state index >= 15 is 0 Å². The van der Waals surface area contributed by atoms with Crippen molar-refractivity contribution in [2.24, 2.45) is 0 Å². The van der Waals surface area contributed by atoms with E-state index in [-0.39, 0.29) is 40.7 Å². The van der Waals surface area contributed by atoms with Crippen molar-refractivity contribution in [1.82, 2.24) is 14.6 Å². The van der Waals surface area contributed by atoms with E-state index in [4.69, 9.17) is 5.11 Å². The van der Waals surface area contributed by atoms with Crippen LogP contribution in [0.3, 0.4) is 0 Å². The lowest BCUT2D eigenvalue weighted by Crippen LogP contribution is -2.14. The molecule has 0 saturated heterocycles. The summed E-state index contributed by atoms with van der Waals surface area (Å²) in [6.07, 6.45) is -0.877. The zero-order valence-corrected chi connectivity index (χ0v) is 16.5. The molecule has 9 heteroatoms. The van der Waals surface area contributed by atoms with Crippen LogP contribution in [0.15, 0.2) is 29.1 Å². The fourth-order valence-electron chi connectivity index (χ4n) is 4.21. The van der Waals surface area contributed by atoms with Crippen LogP contribution < -0.4 is 5.56 Å². The number of hydrogen-bond donors (Lipinski definition) is 3. The molecule has 31 heavy (non-hydrogen) atoms. The van der Waals surface area contributed by atoms with E-state index in [1.54, 1.807) is 6.07 Å². The van der Waals surface area contributed by atoms with Gasteiger partial charge in [0, 0.05) is 22.8 Å². The predicted molar refractivity (Wildman–Crippen MR) is 108 cm³/mol. The van der Waals surface area contributed by atoms with Crippen LogP contribution in [-0.4, -0.2) is 31.4 Å². The number of rotatable bonds is 2. The number of phenolic OH excluding ortho intramolecular Hbond substituents is 1. The summed E-state index contributed by atoms with van der Waals surface area (Å²) in [5.41, 5.74) is -0.969. The van der Waals surface area contributed by atoms with Crippen LogP contribution in [0.1, 0.15) is 54.8 Å². The molecule has 0 spiro atoms. The van der Waals surface area contributed by atoms with E-state index < -0.39 is 17.4 Å². The normalized spacial score (nSPS) is 15.1. The minimum Gasteiger partial charge on any atom is -0.507 e. The van der Waals surface area contributed by atoms with Gasteiger partial charge in [0.15, 0.2) is 5.69 Å². The van der Waals surface area contributed by atoms with Gasteiger partial charge in [0.05, 0.1) is 5.69 Å². The summed E-state index contributed by atoms with van der Waals surface area (Å²) >= 11 is 0. The van der Waals surface area contributed by atoms with E-state index in [2.05, 4.69) is 21.9 Å². The zero-order valence-electron chi connectivity index (χ0n) is 16.5. The smallest absolute Gasteiger partial charge is 0.435 e. The van der Waals surface area contributed by atoms with E-state index in [1.165, 1.54) is 12.1 Å². The summed E-state index contributed by atoms with van der Waals surface area (Å²) in [4.78, 5) is 14.9. The van der Waals surface area contributed by atoms with Gasteiger partial charge in [0.25, 0.3) is 5.56 Å². The monoisotopic (exact) mass is 431 g/mol. The van der Waals surface area contributed by atoms with Gasteiger partial charge in [-0.15, -0.1) is 0 Å². The molecular formula is C22H20F3N3O3. The molecule has 0 bridgehead atoms. The van der Waals surface area contributed by atoms with E-state index in [0.29, 0.717) is 18.4 Å². The van der Waals surface area contributed by atoms with Crippen LogP contribution in [0.25, 0.3) is 16.9 Å². The quantitative estimate of drug-likeness (QED) is 0.539. The van der Waals surface area contributed by atoms with Gasteiger partial charge in [-0.1, -0.05) is 31.1 Å². The highest BCUT2D eigenvalue weighted by Crippen LogP contribution is 2.42. The number of alkyl halides is 3. The Morgan fingerprint density at radius 2 is 1.94 bits per heavy atom. The fourth-order valence-corrected chi connectivity index (χ4v) is 4.21. The summed E-state index contributed by atoms with van der Waals surface area (Å²) in [6.45, 7) is -0.353. The molecule has 6 nitrogen and oxygen atoms in total. The third-order valence-electron chi connectivity index (χ3n) is 5.53. The Labute approximate surface area is 175 Å². The number of aliphatic hydroxyl groups excluding tert-OH is 1. The number of H-pyrrole nitrogens is 1. The van der Waals surface area contributed by atoms with Crippen molar-refractivity contribution in [3.05, 3.63) is 51.4 Å². The largest absolute Gasteiger partial charge is 0.507 e. The number of nitrogens with one attached hydrogen (secondary N) is 1. The number of aromatic nitrogens is 3. The minimum atomic E-state index is -4.68. The zero-order chi connectivity index (χ0) is 22.2. The van der Waals surface area contributed by atoms with Crippen LogP contribution in [0.5, 0.6) is 5.75 Å². The second-order valence-corrected chi connectivity index (χ2v) is 7.57. The minimum absolute atomic E-state index is 0.00488.